The molecule has 1 amide bonds. The number of hydrogen-bond acceptors (Lipinski definition) is 2. The van der Waals surface area contributed by atoms with Gasteiger partial charge in [0.05, 0.1) is 11.8 Å². The van der Waals surface area contributed by atoms with Crippen LogP contribution in [0.25, 0.3) is 0 Å². The normalized spacial score (nSPS) is 14.6. The molecule has 3 nitrogen and oxygen atoms in total. The summed E-state index contributed by atoms with van der Waals surface area (Å²) in [6.07, 6.45) is 7.02. The number of aromatic nitrogens is 1. The maximum atomic E-state index is 13.6. The first-order valence-corrected chi connectivity index (χ1v) is 9.11. The first-order valence-electron chi connectivity index (χ1n) is 9.11. The van der Waals surface area contributed by atoms with Crippen molar-refractivity contribution in [3.05, 3.63) is 65.7 Å². The minimum atomic E-state index is -0.548. The third kappa shape index (κ3) is 5.38. The third-order valence-corrected chi connectivity index (χ3v) is 4.56. The summed E-state index contributed by atoms with van der Waals surface area (Å²) in [5.41, 5.74) is 1.43. The van der Waals surface area contributed by atoms with Gasteiger partial charge in [-0.25, -0.2) is 4.39 Å². The van der Waals surface area contributed by atoms with Crippen molar-refractivity contribution in [2.24, 2.45) is 0 Å². The van der Waals surface area contributed by atoms with E-state index in [0.29, 0.717) is 19.0 Å². The molecule has 1 aromatic heterocycles. The number of carbonyl (C=O) groups is 1. The fourth-order valence-electron chi connectivity index (χ4n) is 2.86. The Morgan fingerprint density at radius 3 is 2.32 bits per heavy atom. The van der Waals surface area contributed by atoms with Crippen LogP contribution in [-0.4, -0.2) is 28.9 Å². The monoisotopic (exact) mass is 342 g/mol. The van der Waals surface area contributed by atoms with Crippen LogP contribution in [0, 0.1) is 5.82 Å². The molecule has 3 rings (SSSR count). The molecule has 0 spiro atoms. The Balaban J connectivity index is 0.000000511. The molecule has 1 fully saturated rings. The highest BCUT2D eigenvalue weighted by molar-refractivity contribution is 5.94. The maximum Gasteiger partial charge on any atom is 0.256 e. The summed E-state index contributed by atoms with van der Waals surface area (Å²) in [7, 11) is 0. The van der Waals surface area contributed by atoms with E-state index < -0.39 is 5.82 Å². The number of amides is 1. The molecule has 0 atom stereocenters. The zero-order valence-corrected chi connectivity index (χ0v) is 15.1. The number of rotatable bonds is 3. The van der Waals surface area contributed by atoms with Gasteiger partial charge in [-0.05, 0) is 30.4 Å². The van der Waals surface area contributed by atoms with E-state index >= 15 is 0 Å². The van der Waals surface area contributed by atoms with Crippen molar-refractivity contribution in [3.8, 4) is 0 Å². The van der Waals surface area contributed by atoms with Crippen molar-refractivity contribution < 1.29 is 9.18 Å². The standard InChI is InChI=1S/C17H17FN2O.C4H10/c18-16-12-19-9-6-15(16)17(21)20-10-7-14(8-11-20)13-4-2-1-3-5-13;1-3-4-2/h1-6,9,12,14H,7-8,10-11H2;3-4H2,1-2H3. The Labute approximate surface area is 149 Å². The SMILES string of the molecule is CCCC.O=C(c1ccncc1F)N1CCC(c2ccccc2)CC1. The summed E-state index contributed by atoms with van der Waals surface area (Å²) in [6.45, 7) is 5.69. The quantitative estimate of drug-likeness (QED) is 0.782. The van der Waals surface area contributed by atoms with E-state index in [1.807, 2.05) is 18.2 Å². The largest absolute Gasteiger partial charge is 0.339 e. The Morgan fingerprint density at radius 1 is 1.12 bits per heavy atom. The molecule has 1 aromatic carbocycles. The summed E-state index contributed by atoms with van der Waals surface area (Å²) in [6, 6.07) is 11.8. The molecule has 0 radical (unpaired) electrons. The lowest BCUT2D eigenvalue weighted by Gasteiger charge is -2.32. The van der Waals surface area contributed by atoms with Gasteiger partial charge in [-0.1, -0.05) is 57.0 Å². The molecule has 0 saturated carbocycles. The molecule has 0 aliphatic carbocycles. The Morgan fingerprint density at radius 2 is 1.76 bits per heavy atom. The van der Waals surface area contributed by atoms with Crippen LogP contribution >= 0.6 is 0 Å². The molecular formula is C21H27FN2O. The molecule has 1 saturated heterocycles. The van der Waals surface area contributed by atoms with Crippen molar-refractivity contribution in [2.45, 2.75) is 45.4 Å². The average molecular weight is 342 g/mol. The number of carbonyl (C=O) groups excluding carboxylic acids is 1. The Bertz CT molecular complexity index is 650. The van der Waals surface area contributed by atoms with E-state index in [0.717, 1.165) is 19.0 Å². The maximum absolute atomic E-state index is 13.6. The molecule has 134 valence electrons. The number of pyridine rings is 1. The van der Waals surface area contributed by atoms with Crippen molar-refractivity contribution in [1.29, 1.82) is 0 Å². The van der Waals surface area contributed by atoms with Gasteiger partial charge in [0.25, 0.3) is 5.91 Å². The number of halogens is 1. The van der Waals surface area contributed by atoms with Crippen LogP contribution in [0.3, 0.4) is 0 Å². The lowest BCUT2D eigenvalue weighted by molar-refractivity contribution is 0.0708. The van der Waals surface area contributed by atoms with Crippen molar-refractivity contribution in [1.82, 2.24) is 9.88 Å². The van der Waals surface area contributed by atoms with Crippen molar-refractivity contribution in [3.63, 3.8) is 0 Å². The molecule has 0 N–H and O–H groups in total. The van der Waals surface area contributed by atoms with E-state index in [-0.39, 0.29) is 11.5 Å². The molecule has 25 heavy (non-hydrogen) atoms. The average Bonchev–Trinajstić information content (AvgIpc) is 2.69. The minimum Gasteiger partial charge on any atom is -0.339 e. The fraction of sp³-hybridized carbons (Fsp3) is 0.429. The van der Waals surface area contributed by atoms with Crippen LogP contribution in [-0.2, 0) is 0 Å². The molecular weight excluding hydrogens is 315 g/mol. The van der Waals surface area contributed by atoms with Gasteiger partial charge in [0.1, 0.15) is 0 Å². The predicted molar refractivity (Wildman–Crippen MR) is 99.1 cm³/mol. The number of likely N-dealkylation sites (tertiary alicyclic amines) is 1. The fourth-order valence-corrected chi connectivity index (χ4v) is 2.86. The van der Waals surface area contributed by atoms with Crippen LogP contribution in [0.1, 0.15) is 61.4 Å². The number of piperidine rings is 1. The molecule has 1 aliphatic rings. The highest BCUT2D eigenvalue weighted by atomic mass is 19.1. The van der Waals surface area contributed by atoms with Gasteiger partial charge in [0, 0.05) is 19.3 Å². The highest BCUT2D eigenvalue weighted by Crippen LogP contribution is 2.28. The molecule has 2 aromatic rings. The summed E-state index contributed by atoms with van der Waals surface area (Å²) in [4.78, 5) is 17.7. The van der Waals surface area contributed by atoms with Crippen LogP contribution in [0.15, 0.2) is 48.8 Å². The molecule has 0 bridgehead atoms. The minimum absolute atomic E-state index is 0.114. The van der Waals surface area contributed by atoms with Crippen LogP contribution in [0.2, 0.25) is 0 Å². The lowest BCUT2D eigenvalue weighted by Crippen LogP contribution is -2.38. The Hall–Kier alpha value is -2.23. The predicted octanol–water partition coefficient (Wildman–Crippen LogP) is 5.05. The number of hydrogen-bond donors (Lipinski definition) is 0. The molecule has 2 heterocycles. The van der Waals surface area contributed by atoms with Crippen molar-refractivity contribution >= 4 is 5.91 Å². The Kier molecular flexibility index (Phi) is 7.58. The van der Waals surface area contributed by atoms with Gasteiger partial charge in [0.2, 0.25) is 0 Å². The van der Waals surface area contributed by atoms with Crippen LogP contribution < -0.4 is 0 Å². The number of unbranched alkanes of at least 4 members (excludes halogenated alkanes) is 1. The summed E-state index contributed by atoms with van der Waals surface area (Å²) in [5, 5.41) is 0. The van der Waals surface area contributed by atoms with E-state index in [1.165, 1.54) is 30.7 Å². The second-order valence-electron chi connectivity index (χ2n) is 6.33. The van der Waals surface area contributed by atoms with Gasteiger partial charge in [-0.15, -0.1) is 0 Å². The van der Waals surface area contributed by atoms with E-state index in [1.54, 1.807) is 4.90 Å². The van der Waals surface area contributed by atoms with Gasteiger partial charge in [-0.3, -0.25) is 9.78 Å². The first kappa shape index (κ1) is 19.1. The lowest BCUT2D eigenvalue weighted by atomic mass is 9.89. The van der Waals surface area contributed by atoms with Crippen LogP contribution in [0.5, 0.6) is 0 Å². The topological polar surface area (TPSA) is 33.2 Å². The van der Waals surface area contributed by atoms with E-state index in [9.17, 15) is 9.18 Å². The van der Waals surface area contributed by atoms with E-state index in [4.69, 9.17) is 0 Å². The van der Waals surface area contributed by atoms with Gasteiger partial charge < -0.3 is 4.90 Å². The second-order valence-corrected chi connectivity index (χ2v) is 6.33. The smallest absolute Gasteiger partial charge is 0.256 e. The second kappa shape index (κ2) is 9.92. The van der Waals surface area contributed by atoms with E-state index in [2.05, 4.69) is 31.0 Å². The summed E-state index contributed by atoms with van der Waals surface area (Å²) >= 11 is 0. The number of nitrogens with zero attached hydrogens (tertiary/aromatic N) is 2. The molecule has 1 aliphatic heterocycles. The summed E-state index contributed by atoms with van der Waals surface area (Å²) < 4.78 is 13.6. The van der Waals surface area contributed by atoms with Crippen molar-refractivity contribution in [2.75, 3.05) is 13.1 Å². The molecule has 4 heteroatoms. The highest BCUT2D eigenvalue weighted by Gasteiger charge is 2.25. The van der Waals surface area contributed by atoms with Gasteiger partial charge in [-0.2, -0.15) is 0 Å². The zero-order chi connectivity index (χ0) is 18.1. The summed E-state index contributed by atoms with van der Waals surface area (Å²) in [5.74, 6) is -0.299. The number of benzene rings is 1. The third-order valence-electron chi connectivity index (χ3n) is 4.56. The molecule has 0 unspecified atom stereocenters. The van der Waals surface area contributed by atoms with Gasteiger partial charge >= 0.3 is 0 Å². The zero-order valence-electron chi connectivity index (χ0n) is 15.1. The first-order chi connectivity index (χ1) is 12.2. The van der Waals surface area contributed by atoms with Crippen LogP contribution in [0.4, 0.5) is 4.39 Å². The van der Waals surface area contributed by atoms with Gasteiger partial charge in [0.15, 0.2) is 5.82 Å².